The molecule has 2 aromatic rings. The molecule has 4 rings (SSSR count). The van der Waals surface area contributed by atoms with Crippen LogP contribution in [0.25, 0.3) is 0 Å². The van der Waals surface area contributed by atoms with Crippen LogP contribution in [0.5, 0.6) is 5.75 Å². The summed E-state index contributed by atoms with van der Waals surface area (Å²) in [6.45, 7) is 0.863. The molecule has 3 heterocycles. The SMILES string of the molecule is COc1ccccc1CN1C[C@@H](C(=O)Nc2c3c(nn2C)CSC3)CC1=O. The molecule has 142 valence electrons. The first-order valence-electron chi connectivity index (χ1n) is 8.90. The second-order valence-electron chi connectivity index (χ2n) is 6.87. The fourth-order valence-electron chi connectivity index (χ4n) is 3.66. The van der Waals surface area contributed by atoms with Crippen molar-refractivity contribution in [1.82, 2.24) is 14.7 Å². The first kappa shape index (κ1) is 17.9. The lowest BCUT2D eigenvalue weighted by atomic mass is 10.1. The molecule has 1 N–H and O–H groups in total. The number of benzene rings is 1. The smallest absolute Gasteiger partial charge is 0.230 e. The Morgan fingerprint density at radius 2 is 2.19 bits per heavy atom. The van der Waals surface area contributed by atoms with E-state index in [1.54, 1.807) is 28.5 Å². The normalized spacial score (nSPS) is 18.7. The Bertz CT molecular complexity index is 895. The van der Waals surface area contributed by atoms with E-state index in [1.165, 1.54) is 0 Å². The summed E-state index contributed by atoms with van der Waals surface area (Å²) in [6, 6.07) is 7.63. The van der Waals surface area contributed by atoms with Crippen molar-refractivity contribution < 1.29 is 14.3 Å². The Morgan fingerprint density at radius 1 is 1.37 bits per heavy atom. The van der Waals surface area contributed by atoms with Crippen molar-refractivity contribution in [2.75, 3.05) is 19.0 Å². The summed E-state index contributed by atoms with van der Waals surface area (Å²) in [5.41, 5.74) is 3.08. The molecule has 8 heteroatoms. The van der Waals surface area contributed by atoms with Crippen LogP contribution in [-0.4, -0.2) is 40.1 Å². The lowest BCUT2D eigenvalue weighted by molar-refractivity contribution is -0.128. The van der Waals surface area contributed by atoms with Crippen LogP contribution >= 0.6 is 11.8 Å². The standard InChI is InChI=1S/C19H22N4O3S/c1-22-18(14-10-27-11-15(14)21-22)20-19(25)13-7-17(24)23(9-13)8-12-5-3-4-6-16(12)26-2/h3-6,13H,7-11H2,1-2H3,(H,20,25)/t13-/m0/s1. The fraction of sp³-hybridized carbons (Fsp3) is 0.421. The van der Waals surface area contributed by atoms with Crippen molar-refractivity contribution in [3.8, 4) is 5.75 Å². The van der Waals surface area contributed by atoms with Crippen molar-refractivity contribution in [2.24, 2.45) is 13.0 Å². The van der Waals surface area contributed by atoms with Crippen LogP contribution in [0.1, 0.15) is 23.2 Å². The molecule has 1 aromatic carbocycles. The number of methoxy groups -OCH3 is 1. The van der Waals surface area contributed by atoms with Crippen LogP contribution in [-0.2, 0) is 34.7 Å². The zero-order valence-electron chi connectivity index (χ0n) is 15.4. The number of thioether (sulfide) groups is 1. The molecule has 2 amide bonds. The molecule has 0 spiro atoms. The summed E-state index contributed by atoms with van der Waals surface area (Å²) in [4.78, 5) is 26.9. The first-order valence-corrected chi connectivity index (χ1v) is 10.0. The van der Waals surface area contributed by atoms with E-state index in [2.05, 4.69) is 10.4 Å². The third kappa shape index (κ3) is 3.41. The third-order valence-electron chi connectivity index (χ3n) is 5.09. The van der Waals surface area contributed by atoms with Crippen LogP contribution in [0.15, 0.2) is 24.3 Å². The van der Waals surface area contributed by atoms with Gasteiger partial charge >= 0.3 is 0 Å². The Hall–Kier alpha value is -2.48. The number of nitrogens with one attached hydrogen (secondary N) is 1. The van der Waals surface area contributed by atoms with Gasteiger partial charge in [-0.25, -0.2) is 0 Å². The summed E-state index contributed by atoms with van der Waals surface area (Å²) in [5, 5.41) is 7.47. The average Bonchev–Trinajstić information content (AvgIpc) is 3.33. The maximum absolute atomic E-state index is 12.8. The number of nitrogens with zero attached hydrogens (tertiary/aromatic N) is 3. The molecule has 1 atom stereocenters. The van der Waals surface area contributed by atoms with E-state index < -0.39 is 0 Å². The first-order chi connectivity index (χ1) is 13.1. The number of aryl methyl sites for hydroxylation is 1. The zero-order valence-corrected chi connectivity index (χ0v) is 16.2. The van der Waals surface area contributed by atoms with Gasteiger partial charge in [-0.2, -0.15) is 16.9 Å². The highest BCUT2D eigenvalue weighted by Gasteiger charge is 2.35. The summed E-state index contributed by atoms with van der Waals surface area (Å²) in [7, 11) is 3.46. The van der Waals surface area contributed by atoms with Gasteiger partial charge < -0.3 is 15.0 Å². The Balaban J connectivity index is 1.44. The molecule has 0 radical (unpaired) electrons. The van der Waals surface area contributed by atoms with Crippen molar-refractivity contribution in [3.05, 3.63) is 41.1 Å². The van der Waals surface area contributed by atoms with Gasteiger partial charge in [-0.05, 0) is 6.07 Å². The number of likely N-dealkylation sites (tertiary alicyclic amines) is 1. The highest BCUT2D eigenvalue weighted by atomic mass is 32.2. The minimum atomic E-state index is -0.355. The van der Waals surface area contributed by atoms with E-state index in [1.807, 2.05) is 31.3 Å². The van der Waals surface area contributed by atoms with Crippen molar-refractivity contribution >= 4 is 29.4 Å². The highest BCUT2D eigenvalue weighted by Crippen LogP contribution is 2.34. The quantitative estimate of drug-likeness (QED) is 0.852. The molecular formula is C19H22N4O3S. The lowest BCUT2D eigenvalue weighted by Gasteiger charge is -2.18. The van der Waals surface area contributed by atoms with Crippen molar-refractivity contribution in [3.63, 3.8) is 0 Å². The number of carbonyl (C=O) groups is 2. The maximum Gasteiger partial charge on any atom is 0.230 e. The number of carbonyl (C=O) groups excluding carboxylic acids is 2. The Morgan fingerprint density at radius 3 is 3.00 bits per heavy atom. The second-order valence-corrected chi connectivity index (χ2v) is 7.85. The number of aromatic nitrogens is 2. The van der Waals surface area contributed by atoms with Gasteiger partial charge in [-0.15, -0.1) is 0 Å². The molecule has 0 bridgehead atoms. The largest absolute Gasteiger partial charge is 0.496 e. The molecule has 0 aliphatic carbocycles. The molecule has 27 heavy (non-hydrogen) atoms. The van der Waals surface area contributed by atoms with Gasteiger partial charge in [0.25, 0.3) is 0 Å². The summed E-state index contributed by atoms with van der Waals surface area (Å²) < 4.78 is 7.09. The number of hydrogen-bond donors (Lipinski definition) is 1. The van der Waals surface area contributed by atoms with Crippen LogP contribution < -0.4 is 10.1 Å². The molecule has 1 fully saturated rings. The van der Waals surface area contributed by atoms with Gasteiger partial charge in [0, 0.05) is 49.2 Å². The molecular weight excluding hydrogens is 364 g/mol. The topological polar surface area (TPSA) is 76.5 Å². The van der Waals surface area contributed by atoms with E-state index in [0.29, 0.717) is 13.1 Å². The number of amides is 2. The van der Waals surface area contributed by atoms with E-state index in [0.717, 1.165) is 39.9 Å². The number of para-hydroxylation sites is 1. The van der Waals surface area contributed by atoms with Gasteiger partial charge in [0.2, 0.25) is 11.8 Å². The molecule has 1 saturated heterocycles. The van der Waals surface area contributed by atoms with Crippen LogP contribution in [0, 0.1) is 5.92 Å². The lowest BCUT2D eigenvalue weighted by Crippen LogP contribution is -2.28. The average molecular weight is 386 g/mol. The molecule has 0 unspecified atom stereocenters. The van der Waals surface area contributed by atoms with Crippen molar-refractivity contribution in [2.45, 2.75) is 24.5 Å². The predicted octanol–water partition coefficient (Wildman–Crippen LogP) is 2.16. The minimum Gasteiger partial charge on any atom is -0.496 e. The molecule has 2 aliphatic rings. The number of hydrogen-bond acceptors (Lipinski definition) is 5. The number of anilines is 1. The van der Waals surface area contributed by atoms with Crippen LogP contribution in [0.3, 0.4) is 0 Å². The van der Waals surface area contributed by atoms with Crippen LogP contribution in [0.2, 0.25) is 0 Å². The van der Waals surface area contributed by atoms with E-state index in [9.17, 15) is 9.59 Å². The van der Waals surface area contributed by atoms with Gasteiger partial charge in [-0.1, -0.05) is 18.2 Å². The van der Waals surface area contributed by atoms with E-state index >= 15 is 0 Å². The molecule has 0 saturated carbocycles. The van der Waals surface area contributed by atoms with Gasteiger partial charge in [0.1, 0.15) is 11.6 Å². The van der Waals surface area contributed by atoms with Crippen molar-refractivity contribution in [1.29, 1.82) is 0 Å². The van der Waals surface area contributed by atoms with E-state index in [4.69, 9.17) is 4.74 Å². The van der Waals surface area contributed by atoms with E-state index in [-0.39, 0.29) is 24.2 Å². The Kier molecular flexibility index (Phi) is 4.82. The maximum atomic E-state index is 12.8. The summed E-state index contributed by atoms with van der Waals surface area (Å²) in [5.74, 6) is 2.78. The van der Waals surface area contributed by atoms with Crippen LogP contribution in [0.4, 0.5) is 5.82 Å². The van der Waals surface area contributed by atoms with Gasteiger partial charge in [0.05, 0.1) is 18.7 Å². The minimum absolute atomic E-state index is 0.00755. The molecule has 7 nitrogen and oxygen atoms in total. The number of ether oxygens (including phenoxy) is 1. The monoisotopic (exact) mass is 386 g/mol. The van der Waals surface area contributed by atoms with Gasteiger partial charge in [0.15, 0.2) is 0 Å². The predicted molar refractivity (Wildman–Crippen MR) is 103 cm³/mol. The molecule has 1 aromatic heterocycles. The number of fused-ring (bicyclic) bond motifs is 1. The molecule has 2 aliphatic heterocycles. The zero-order chi connectivity index (χ0) is 19.0. The van der Waals surface area contributed by atoms with Gasteiger partial charge in [-0.3, -0.25) is 14.3 Å². The summed E-state index contributed by atoms with van der Waals surface area (Å²) in [6.07, 6.45) is 0.232. The third-order valence-corrected chi connectivity index (χ3v) is 6.06. The Labute approximate surface area is 162 Å². The highest BCUT2D eigenvalue weighted by molar-refractivity contribution is 7.98. The number of rotatable bonds is 5. The fourth-order valence-corrected chi connectivity index (χ4v) is 4.69. The second kappa shape index (κ2) is 7.26. The summed E-state index contributed by atoms with van der Waals surface area (Å²) >= 11 is 1.80.